The van der Waals surface area contributed by atoms with E-state index in [2.05, 4.69) is 41.8 Å². The summed E-state index contributed by atoms with van der Waals surface area (Å²) in [4.78, 5) is 20.4. The number of anilines is 3. The predicted octanol–water partition coefficient (Wildman–Crippen LogP) is 4.02. The van der Waals surface area contributed by atoms with Gasteiger partial charge in [0.1, 0.15) is 5.82 Å². The third kappa shape index (κ3) is 5.94. The van der Waals surface area contributed by atoms with Gasteiger partial charge in [0.05, 0.1) is 20.3 Å². The maximum atomic E-state index is 12.7. The van der Waals surface area contributed by atoms with Gasteiger partial charge in [-0.2, -0.15) is 4.98 Å². The molecule has 1 saturated carbocycles. The van der Waals surface area contributed by atoms with Crippen LogP contribution in [-0.2, 0) is 14.6 Å². The van der Waals surface area contributed by atoms with Crippen molar-refractivity contribution in [3.8, 4) is 0 Å². The van der Waals surface area contributed by atoms with Gasteiger partial charge in [0.25, 0.3) is 0 Å². The Morgan fingerprint density at radius 2 is 1.77 bits per heavy atom. The summed E-state index contributed by atoms with van der Waals surface area (Å²) < 4.78 is 26.1. The van der Waals surface area contributed by atoms with Crippen molar-refractivity contribution in [3.63, 3.8) is 0 Å². The largest absolute Gasteiger partial charge is 0.354 e. The zero-order valence-electron chi connectivity index (χ0n) is 17.9. The second kappa shape index (κ2) is 9.95. The Kier molecular flexibility index (Phi) is 7.53. The lowest BCUT2D eigenvalue weighted by Crippen LogP contribution is -2.39. The molecule has 1 amide bonds. The number of sulfone groups is 1. The first-order valence-corrected chi connectivity index (χ1v) is 12.7. The van der Waals surface area contributed by atoms with Crippen LogP contribution in [0.3, 0.4) is 0 Å². The van der Waals surface area contributed by atoms with E-state index < -0.39 is 15.1 Å². The van der Waals surface area contributed by atoms with E-state index in [4.69, 9.17) is 0 Å². The first-order valence-electron chi connectivity index (χ1n) is 10.3. The predicted molar refractivity (Wildman–Crippen MR) is 125 cm³/mol. The van der Waals surface area contributed by atoms with Gasteiger partial charge in [0.15, 0.2) is 9.84 Å². The first-order chi connectivity index (χ1) is 14.7. The lowest BCUT2D eigenvalue weighted by atomic mass is 9.91. The van der Waals surface area contributed by atoms with Gasteiger partial charge in [-0.3, -0.25) is 4.79 Å². The summed E-state index contributed by atoms with van der Waals surface area (Å²) in [6.45, 7) is 4.86. The molecule has 1 aromatic heterocycles. The van der Waals surface area contributed by atoms with E-state index in [0.717, 1.165) is 25.7 Å². The molecule has 0 unspecified atom stereocenters. The minimum Gasteiger partial charge on any atom is -0.354 e. The number of aromatic nitrogens is 2. The SMILES string of the molecule is CC(=O)N[C@H]1CC[C@H](Nc2ncc(Br)c(Nc3ccccc3S(=O)(=O)C(C)C)n2)CC1. The molecule has 2 aromatic rings. The second-order valence-corrected chi connectivity index (χ2v) is 11.3. The molecule has 1 aliphatic carbocycles. The van der Waals surface area contributed by atoms with Crippen molar-refractivity contribution in [2.75, 3.05) is 10.6 Å². The van der Waals surface area contributed by atoms with Gasteiger partial charge >= 0.3 is 0 Å². The van der Waals surface area contributed by atoms with Crippen LogP contribution < -0.4 is 16.0 Å². The first kappa shape index (κ1) is 23.5. The summed E-state index contributed by atoms with van der Waals surface area (Å²) in [5.41, 5.74) is 0.470. The fourth-order valence-corrected chi connectivity index (χ4v) is 5.07. The van der Waals surface area contributed by atoms with Crippen molar-refractivity contribution >= 4 is 49.1 Å². The summed E-state index contributed by atoms with van der Waals surface area (Å²) >= 11 is 3.44. The van der Waals surface area contributed by atoms with E-state index >= 15 is 0 Å². The molecule has 0 atom stereocenters. The van der Waals surface area contributed by atoms with Crippen LogP contribution in [0.1, 0.15) is 46.5 Å². The summed E-state index contributed by atoms with van der Waals surface area (Å²) in [6, 6.07) is 7.24. The Balaban J connectivity index is 1.74. The average molecular weight is 510 g/mol. The van der Waals surface area contributed by atoms with E-state index in [0.29, 0.717) is 21.9 Å². The van der Waals surface area contributed by atoms with Crippen LogP contribution in [-0.4, -0.2) is 41.6 Å². The number of nitrogens with zero attached hydrogens (tertiary/aromatic N) is 2. The molecule has 0 aliphatic heterocycles. The van der Waals surface area contributed by atoms with Crippen molar-refractivity contribution in [2.24, 2.45) is 0 Å². The average Bonchev–Trinajstić information content (AvgIpc) is 2.72. The van der Waals surface area contributed by atoms with Crippen LogP contribution >= 0.6 is 15.9 Å². The van der Waals surface area contributed by atoms with Crippen molar-refractivity contribution in [3.05, 3.63) is 34.9 Å². The Morgan fingerprint density at radius 1 is 1.13 bits per heavy atom. The molecule has 10 heteroatoms. The van der Waals surface area contributed by atoms with E-state index in [1.807, 2.05) is 0 Å². The number of halogens is 1. The van der Waals surface area contributed by atoms with Gasteiger partial charge in [-0.25, -0.2) is 13.4 Å². The lowest BCUT2D eigenvalue weighted by Gasteiger charge is -2.29. The molecule has 0 saturated heterocycles. The Labute approximate surface area is 191 Å². The third-order valence-corrected chi connectivity index (χ3v) is 8.07. The molecule has 1 aliphatic rings. The van der Waals surface area contributed by atoms with Crippen molar-refractivity contribution < 1.29 is 13.2 Å². The van der Waals surface area contributed by atoms with Gasteiger partial charge in [-0.05, 0) is 67.6 Å². The number of hydrogen-bond donors (Lipinski definition) is 3. The highest BCUT2D eigenvalue weighted by Crippen LogP contribution is 2.30. The topological polar surface area (TPSA) is 113 Å². The normalized spacial score (nSPS) is 19.1. The maximum absolute atomic E-state index is 12.7. The van der Waals surface area contributed by atoms with Gasteiger partial charge in [-0.15, -0.1) is 0 Å². The molecular weight excluding hydrogens is 482 g/mol. The minimum atomic E-state index is -3.45. The number of para-hydroxylation sites is 1. The molecule has 3 N–H and O–H groups in total. The molecule has 31 heavy (non-hydrogen) atoms. The molecule has 0 radical (unpaired) electrons. The number of carbonyl (C=O) groups excluding carboxylic acids is 1. The summed E-state index contributed by atoms with van der Waals surface area (Å²) in [5, 5.41) is 8.94. The van der Waals surface area contributed by atoms with Crippen molar-refractivity contribution in [1.29, 1.82) is 0 Å². The van der Waals surface area contributed by atoms with E-state index in [1.54, 1.807) is 51.2 Å². The lowest BCUT2D eigenvalue weighted by molar-refractivity contribution is -0.119. The zero-order chi connectivity index (χ0) is 22.6. The molecule has 3 rings (SSSR count). The smallest absolute Gasteiger partial charge is 0.224 e. The number of benzene rings is 1. The zero-order valence-corrected chi connectivity index (χ0v) is 20.3. The van der Waals surface area contributed by atoms with Gasteiger partial charge < -0.3 is 16.0 Å². The summed E-state index contributed by atoms with van der Waals surface area (Å²) in [6.07, 6.45) is 5.25. The fraction of sp³-hybridized carbons (Fsp3) is 0.476. The second-order valence-electron chi connectivity index (χ2n) is 8.00. The van der Waals surface area contributed by atoms with E-state index in [1.165, 1.54) is 0 Å². The molecule has 8 nitrogen and oxygen atoms in total. The highest BCUT2D eigenvalue weighted by Gasteiger charge is 2.24. The van der Waals surface area contributed by atoms with Crippen molar-refractivity contribution in [1.82, 2.24) is 15.3 Å². The summed E-state index contributed by atoms with van der Waals surface area (Å²) in [7, 11) is -3.45. The van der Waals surface area contributed by atoms with E-state index in [-0.39, 0.29) is 22.9 Å². The van der Waals surface area contributed by atoms with Crippen LogP contribution in [0.2, 0.25) is 0 Å². The highest BCUT2D eigenvalue weighted by atomic mass is 79.9. The van der Waals surface area contributed by atoms with Crippen LogP contribution in [0.5, 0.6) is 0 Å². The van der Waals surface area contributed by atoms with Crippen LogP contribution in [0.25, 0.3) is 0 Å². The highest BCUT2D eigenvalue weighted by molar-refractivity contribution is 9.10. The van der Waals surface area contributed by atoms with E-state index in [9.17, 15) is 13.2 Å². The number of rotatable bonds is 7. The Hall–Kier alpha value is -2.20. The molecule has 1 fully saturated rings. The Bertz CT molecular complexity index is 1040. The molecule has 1 aromatic carbocycles. The van der Waals surface area contributed by atoms with Crippen LogP contribution in [0.4, 0.5) is 17.5 Å². The minimum absolute atomic E-state index is 0.00290. The monoisotopic (exact) mass is 509 g/mol. The number of amides is 1. The van der Waals surface area contributed by atoms with Gasteiger partial charge in [0, 0.05) is 25.2 Å². The number of carbonyl (C=O) groups is 1. The maximum Gasteiger partial charge on any atom is 0.224 e. The molecular formula is C21H28BrN5O3S. The van der Waals surface area contributed by atoms with Gasteiger partial charge in [0.2, 0.25) is 11.9 Å². The van der Waals surface area contributed by atoms with Crippen LogP contribution in [0.15, 0.2) is 39.8 Å². The number of nitrogens with one attached hydrogen (secondary N) is 3. The molecule has 1 heterocycles. The third-order valence-electron chi connectivity index (χ3n) is 5.28. The van der Waals surface area contributed by atoms with Gasteiger partial charge in [-0.1, -0.05) is 12.1 Å². The Morgan fingerprint density at radius 3 is 2.42 bits per heavy atom. The standard InChI is InChI=1S/C21H28BrN5O3S/c1-13(2)31(29,30)19-7-5-4-6-18(19)26-20-17(22)12-23-21(27-20)25-16-10-8-15(9-11-16)24-14(3)28/h4-7,12-13,15-16H,8-11H2,1-3H3,(H,24,28)(H2,23,25,26,27)/t15-,16-. The molecule has 168 valence electrons. The fourth-order valence-electron chi connectivity index (χ4n) is 3.58. The molecule has 0 bridgehead atoms. The van der Waals surface area contributed by atoms with Crippen molar-refractivity contribution in [2.45, 2.75) is 68.7 Å². The number of hydrogen-bond acceptors (Lipinski definition) is 7. The van der Waals surface area contributed by atoms with Crippen LogP contribution in [0, 0.1) is 0 Å². The summed E-state index contributed by atoms with van der Waals surface area (Å²) in [5.74, 6) is 0.955. The molecule has 0 spiro atoms. The quantitative estimate of drug-likeness (QED) is 0.516.